The third-order valence-electron chi connectivity index (χ3n) is 3.07. The zero-order valence-electron chi connectivity index (χ0n) is 12.4. The fraction of sp³-hybridized carbons (Fsp3) is 0.188. The normalized spacial score (nSPS) is 10.3. The number of aliphatic hydroxyl groups is 1. The van der Waals surface area contributed by atoms with E-state index in [9.17, 15) is 9.18 Å². The van der Waals surface area contributed by atoms with E-state index in [0.717, 1.165) is 4.47 Å². The first-order valence-corrected chi connectivity index (χ1v) is 7.63. The number of carbonyl (C=O) groups is 1. The summed E-state index contributed by atoms with van der Waals surface area (Å²) in [4.78, 5) is 12.1. The number of urea groups is 1. The van der Waals surface area contributed by atoms with Crippen LogP contribution in [0.2, 0.25) is 0 Å². The van der Waals surface area contributed by atoms with Crippen molar-refractivity contribution in [1.82, 2.24) is 0 Å². The highest BCUT2D eigenvalue weighted by molar-refractivity contribution is 9.10. The molecule has 0 heterocycles. The first kappa shape index (κ1) is 17.2. The third-order valence-corrected chi connectivity index (χ3v) is 3.52. The summed E-state index contributed by atoms with van der Waals surface area (Å²) in [5, 5.41) is 14.3. The van der Waals surface area contributed by atoms with Gasteiger partial charge in [-0.25, -0.2) is 9.18 Å². The molecule has 0 spiro atoms. The molecule has 3 N–H and O–H groups in total. The lowest BCUT2D eigenvalue weighted by Crippen LogP contribution is -2.20. The maximum atomic E-state index is 13.4. The van der Waals surface area contributed by atoms with Crippen molar-refractivity contribution in [2.45, 2.75) is 6.42 Å². The Morgan fingerprint density at radius 2 is 2.04 bits per heavy atom. The van der Waals surface area contributed by atoms with Crippen molar-refractivity contribution >= 4 is 33.3 Å². The zero-order valence-corrected chi connectivity index (χ0v) is 14.0. The van der Waals surface area contributed by atoms with Crippen molar-refractivity contribution in [2.24, 2.45) is 0 Å². The molecule has 23 heavy (non-hydrogen) atoms. The number of anilines is 2. The summed E-state index contributed by atoms with van der Waals surface area (Å²) in [6.07, 6.45) is 0.320. The fourth-order valence-corrected chi connectivity index (χ4v) is 2.51. The van der Waals surface area contributed by atoms with Gasteiger partial charge in [-0.15, -0.1) is 0 Å². The monoisotopic (exact) mass is 382 g/mol. The van der Waals surface area contributed by atoms with E-state index < -0.39 is 11.8 Å². The molecular formula is C16H16BrFN2O3. The molecule has 0 atom stereocenters. The van der Waals surface area contributed by atoms with E-state index in [1.807, 2.05) is 0 Å². The second kappa shape index (κ2) is 7.94. The smallest absolute Gasteiger partial charge is 0.323 e. The van der Waals surface area contributed by atoms with Crippen LogP contribution in [0.5, 0.6) is 5.75 Å². The average molecular weight is 383 g/mol. The van der Waals surface area contributed by atoms with Crippen molar-refractivity contribution < 1.29 is 19.0 Å². The summed E-state index contributed by atoms with van der Waals surface area (Å²) in [5.41, 5.74) is 1.49. The average Bonchev–Trinajstić information content (AvgIpc) is 2.49. The lowest BCUT2D eigenvalue weighted by Gasteiger charge is -2.12. The van der Waals surface area contributed by atoms with Gasteiger partial charge in [0, 0.05) is 28.5 Å². The van der Waals surface area contributed by atoms with E-state index in [4.69, 9.17) is 9.84 Å². The first-order valence-electron chi connectivity index (χ1n) is 6.83. The van der Waals surface area contributed by atoms with Gasteiger partial charge < -0.3 is 20.5 Å². The predicted molar refractivity (Wildman–Crippen MR) is 90.5 cm³/mol. The molecule has 0 saturated carbocycles. The lowest BCUT2D eigenvalue weighted by molar-refractivity contribution is 0.262. The molecule has 2 rings (SSSR count). The first-order chi connectivity index (χ1) is 11.0. The molecule has 0 aromatic heterocycles. The second-order valence-corrected chi connectivity index (χ2v) is 5.65. The summed E-state index contributed by atoms with van der Waals surface area (Å²) >= 11 is 3.32. The summed E-state index contributed by atoms with van der Waals surface area (Å²) in [6.45, 7) is -0.0925. The Balaban J connectivity index is 2.13. The quantitative estimate of drug-likeness (QED) is 0.736. The van der Waals surface area contributed by atoms with Crippen LogP contribution in [0.25, 0.3) is 0 Å². The van der Waals surface area contributed by atoms with E-state index in [2.05, 4.69) is 26.6 Å². The van der Waals surface area contributed by atoms with Crippen molar-refractivity contribution in [3.8, 4) is 5.75 Å². The van der Waals surface area contributed by atoms with Gasteiger partial charge in [0.25, 0.3) is 0 Å². The highest BCUT2D eigenvalue weighted by Gasteiger charge is 2.09. The van der Waals surface area contributed by atoms with Gasteiger partial charge in [-0.3, -0.25) is 0 Å². The minimum absolute atomic E-state index is 0.0925. The van der Waals surface area contributed by atoms with E-state index in [1.54, 1.807) is 18.2 Å². The van der Waals surface area contributed by atoms with E-state index in [0.29, 0.717) is 29.1 Å². The maximum absolute atomic E-state index is 13.4. The van der Waals surface area contributed by atoms with Gasteiger partial charge in [0.05, 0.1) is 7.11 Å². The number of ether oxygens (including phenoxy) is 1. The topological polar surface area (TPSA) is 70.6 Å². The number of rotatable bonds is 5. The van der Waals surface area contributed by atoms with Crippen LogP contribution in [0.15, 0.2) is 40.9 Å². The molecule has 0 aliphatic rings. The van der Waals surface area contributed by atoms with Gasteiger partial charge in [0.2, 0.25) is 0 Å². The molecule has 0 fully saturated rings. The standard InChI is InChI=1S/C16H16BrFN2O3/c1-23-14-7-11(17)6-13(9-14)19-16(22)20-15-8-12(18)3-2-10(15)4-5-21/h2-3,6-9,21H,4-5H2,1H3,(H2,19,20,22). The summed E-state index contributed by atoms with van der Waals surface area (Å²) < 4.78 is 19.2. The Bertz CT molecular complexity index is 710. The molecule has 0 saturated heterocycles. The molecule has 0 aliphatic carbocycles. The van der Waals surface area contributed by atoms with Gasteiger partial charge in [-0.2, -0.15) is 0 Å². The van der Waals surface area contributed by atoms with Crippen molar-refractivity contribution in [3.63, 3.8) is 0 Å². The van der Waals surface area contributed by atoms with Crippen LogP contribution in [0, 0.1) is 5.82 Å². The van der Waals surface area contributed by atoms with Crippen LogP contribution in [-0.4, -0.2) is 24.9 Å². The third kappa shape index (κ3) is 4.94. The van der Waals surface area contributed by atoms with Crippen LogP contribution in [0.3, 0.4) is 0 Å². The van der Waals surface area contributed by atoms with Gasteiger partial charge in [0.1, 0.15) is 11.6 Å². The molecule has 0 bridgehead atoms. The number of halogens is 2. The molecular weight excluding hydrogens is 367 g/mol. The largest absolute Gasteiger partial charge is 0.497 e. The number of hydrogen-bond donors (Lipinski definition) is 3. The Hall–Kier alpha value is -2.12. The highest BCUT2D eigenvalue weighted by Crippen LogP contribution is 2.25. The Kier molecular flexibility index (Phi) is 5.95. The molecule has 2 amide bonds. The minimum atomic E-state index is -0.519. The molecule has 2 aromatic rings. The van der Waals surface area contributed by atoms with Crippen molar-refractivity contribution in [3.05, 3.63) is 52.3 Å². The second-order valence-electron chi connectivity index (χ2n) is 4.73. The Morgan fingerprint density at radius 3 is 2.74 bits per heavy atom. The number of carbonyl (C=O) groups excluding carboxylic acids is 1. The van der Waals surface area contributed by atoms with E-state index in [-0.39, 0.29) is 6.61 Å². The SMILES string of the molecule is COc1cc(Br)cc(NC(=O)Nc2cc(F)ccc2CCO)c1. The van der Waals surface area contributed by atoms with E-state index >= 15 is 0 Å². The minimum Gasteiger partial charge on any atom is -0.497 e. The van der Waals surface area contributed by atoms with Gasteiger partial charge in [-0.1, -0.05) is 22.0 Å². The number of amides is 2. The molecule has 2 aromatic carbocycles. The number of aliphatic hydroxyl groups excluding tert-OH is 1. The number of nitrogens with one attached hydrogen (secondary N) is 2. The summed E-state index contributed by atoms with van der Waals surface area (Å²) in [7, 11) is 1.53. The molecule has 5 nitrogen and oxygen atoms in total. The molecule has 122 valence electrons. The zero-order chi connectivity index (χ0) is 16.8. The lowest BCUT2D eigenvalue weighted by atomic mass is 10.1. The predicted octanol–water partition coefficient (Wildman–Crippen LogP) is 3.78. The Morgan fingerprint density at radius 1 is 1.26 bits per heavy atom. The van der Waals surface area contributed by atoms with Crippen molar-refractivity contribution in [1.29, 1.82) is 0 Å². The molecule has 7 heteroatoms. The van der Waals surface area contributed by atoms with Gasteiger partial charge >= 0.3 is 6.03 Å². The summed E-state index contributed by atoms with van der Waals surface area (Å²) in [5.74, 6) is 0.118. The van der Waals surface area contributed by atoms with Gasteiger partial charge in [0.15, 0.2) is 0 Å². The number of hydrogen-bond acceptors (Lipinski definition) is 3. The number of benzene rings is 2. The Labute approximate surface area is 141 Å². The summed E-state index contributed by atoms with van der Waals surface area (Å²) in [6, 6.07) is 8.64. The molecule has 0 aliphatic heterocycles. The van der Waals surface area contributed by atoms with Crippen LogP contribution >= 0.6 is 15.9 Å². The fourth-order valence-electron chi connectivity index (χ4n) is 2.04. The van der Waals surface area contributed by atoms with Crippen LogP contribution in [-0.2, 0) is 6.42 Å². The highest BCUT2D eigenvalue weighted by atomic mass is 79.9. The van der Waals surface area contributed by atoms with Crippen LogP contribution in [0.4, 0.5) is 20.6 Å². The maximum Gasteiger partial charge on any atom is 0.323 e. The van der Waals surface area contributed by atoms with Gasteiger partial charge in [-0.05, 0) is 36.2 Å². The van der Waals surface area contributed by atoms with Crippen molar-refractivity contribution in [2.75, 3.05) is 24.4 Å². The van der Waals surface area contributed by atoms with E-state index in [1.165, 1.54) is 25.3 Å². The van der Waals surface area contributed by atoms with Crippen LogP contribution in [0.1, 0.15) is 5.56 Å². The number of methoxy groups -OCH3 is 1. The molecule has 0 unspecified atom stereocenters. The molecule has 0 radical (unpaired) electrons. The van der Waals surface area contributed by atoms with Crippen LogP contribution < -0.4 is 15.4 Å².